The summed E-state index contributed by atoms with van der Waals surface area (Å²) < 4.78 is 5.10. The molecule has 6 heteroatoms. The molecule has 0 heterocycles. The van der Waals surface area contributed by atoms with Gasteiger partial charge in [-0.3, -0.25) is 0 Å². The Balaban J connectivity index is 2.60. The molecule has 1 aromatic carbocycles. The zero-order chi connectivity index (χ0) is 15.3. The number of hydrogen-bond acceptors (Lipinski definition) is 4. The Morgan fingerprint density at radius 1 is 1.30 bits per heavy atom. The maximum atomic E-state index is 10.2. The van der Waals surface area contributed by atoms with Crippen molar-refractivity contribution in [3.8, 4) is 5.75 Å². The highest BCUT2D eigenvalue weighted by Gasteiger charge is 2.20. The molecule has 0 bridgehead atoms. The zero-order valence-electron chi connectivity index (χ0n) is 12.3. The summed E-state index contributed by atoms with van der Waals surface area (Å²) in [6.45, 7) is 3.37. The highest BCUT2D eigenvalue weighted by atomic mass is 35.5. The lowest BCUT2D eigenvalue weighted by molar-refractivity contribution is 0.0336. The SMILES string of the molecule is COc1cc(Cl)c(CNCC(C)(O)CN(C)C)cc1Cl. The second-order valence-electron chi connectivity index (χ2n) is 5.42. The molecule has 1 aromatic rings. The molecule has 2 N–H and O–H groups in total. The van der Waals surface area contributed by atoms with Gasteiger partial charge in [0.2, 0.25) is 0 Å². The highest BCUT2D eigenvalue weighted by Crippen LogP contribution is 2.30. The number of hydrogen-bond donors (Lipinski definition) is 2. The molecular weight excluding hydrogens is 299 g/mol. The summed E-state index contributed by atoms with van der Waals surface area (Å²) >= 11 is 12.2. The first kappa shape index (κ1) is 17.5. The fourth-order valence-corrected chi connectivity index (χ4v) is 2.55. The molecule has 1 unspecified atom stereocenters. The van der Waals surface area contributed by atoms with Crippen molar-refractivity contribution in [1.29, 1.82) is 0 Å². The molecule has 0 saturated heterocycles. The highest BCUT2D eigenvalue weighted by molar-refractivity contribution is 6.34. The van der Waals surface area contributed by atoms with E-state index in [4.69, 9.17) is 27.9 Å². The standard InChI is InChI=1S/C14H22Cl2N2O2/c1-14(19,9-18(2)3)8-17-7-10-5-12(16)13(20-4)6-11(10)15/h5-6,17,19H,7-9H2,1-4H3. The molecule has 1 rings (SSSR count). The number of nitrogens with zero attached hydrogens (tertiary/aromatic N) is 1. The van der Waals surface area contributed by atoms with E-state index < -0.39 is 5.60 Å². The molecule has 0 aromatic heterocycles. The van der Waals surface area contributed by atoms with Crippen molar-refractivity contribution in [2.45, 2.75) is 19.1 Å². The third-order valence-corrected chi connectivity index (χ3v) is 3.45. The minimum Gasteiger partial charge on any atom is -0.495 e. The number of nitrogens with one attached hydrogen (secondary N) is 1. The lowest BCUT2D eigenvalue weighted by Crippen LogP contribution is -2.45. The van der Waals surface area contributed by atoms with Crippen LogP contribution in [0.5, 0.6) is 5.75 Å². The Kier molecular flexibility index (Phi) is 6.55. The van der Waals surface area contributed by atoms with Gasteiger partial charge in [-0.25, -0.2) is 0 Å². The van der Waals surface area contributed by atoms with E-state index in [2.05, 4.69) is 5.32 Å². The molecule has 1 atom stereocenters. The summed E-state index contributed by atoms with van der Waals surface area (Å²) in [7, 11) is 5.40. The number of likely N-dealkylation sites (N-methyl/N-ethyl adjacent to an activating group) is 1. The van der Waals surface area contributed by atoms with Gasteiger partial charge in [0.1, 0.15) is 5.75 Å². The summed E-state index contributed by atoms with van der Waals surface area (Å²) in [5.74, 6) is 0.556. The van der Waals surface area contributed by atoms with Gasteiger partial charge in [-0.1, -0.05) is 23.2 Å². The lowest BCUT2D eigenvalue weighted by Gasteiger charge is -2.27. The number of benzene rings is 1. The van der Waals surface area contributed by atoms with E-state index in [-0.39, 0.29) is 0 Å². The van der Waals surface area contributed by atoms with E-state index in [9.17, 15) is 5.11 Å². The van der Waals surface area contributed by atoms with Gasteiger partial charge in [0, 0.05) is 30.7 Å². The Morgan fingerprint density at radius 2 is 1.95 bits per heavy atom. The quantitative estimate of drug-likeness (QED) is 0.809. The molecule has 114 valence electrons. The van der Waals surface area contributed by atoms with Crippen molar-refractivity contribution in [1.82, 2.24) is 10.2 Å². The van der Waals surface area contributed by atoms with E-state index in [0.717, 1.165) is 5.56 Å². The first-order valence-corrected chi connectivity index (χ1v) is 7.10. The molecule has 0 fully saturated rings. The molecule has 20 heavy (non-hydrogen) atoms. The Bertz CT molecular complexity index is 451. The van der Waals surface area contributed by atoms with Crippen LogP contribution >= 0.6 is 23.2 Å². The molecule has 0 radical (unpaired) electrons. The van der Waals surface area contributed by atoms with Gasteiger partial charge < -0.3 is 20.1 Å². The summed E-state index contributed by atoms with van der Waals surface area (Å²) in [5, 5.41) is 14.5. The molecule has 0 aliphatic heterocycles. The van der Waals surface area contributed by atoms with E-state index in [0.29, 0.717) is 35.4 Å². The average Bonchev–Trinajstić information content (AvgIpc) is 2.31. The first-order chi connectivity index (χ1) is 9.25. The molecule has 0 aliphatic carbocycles. The van der Waals surface area contributed by atoms with Crippen molar-refractivity contribution in [3.63, 3.8) is 0 Å². The monoisotopic (exact) mass is 320 g/mol. The van der Waals surface area contributed by atoms with Gasteiger partial charge in [0.25, 0.3) is 0 Å². The molecule has 0 spiro atoms. The van der Waals surface area contributed by atoms with Gasteiger partial charge in [0.15, 0.2) is 0 Å². The van der Waals surface area contributed by atoms with E-state index >= 15 is 0 Å². The zero-order valence-corrected chi connectivity index (χ0v) is 13.8. The van der Waals surface area contributed by atoms with Crippen LogP contribution in [-0.4, -0.2) is 49.9 Å². The summed E-state index contributed by atoms with van der Waals surface area (Å²) in [6.07, 6.45) is 0. The smallest absolute Gasteiger partial charge is 0.138 e. The van der Waals surface area contributed by atoms with Crippen LogP contribution in [0.15, 0.2) is 12.1 Å². The number of ether oxygens (including phenoxy) is 1. The number of rotatable bonds is 7. The van der Waals surface area contributed by atoms with Crippen LogP contribution in [0.4, 0.5) is 0 Å². The van der Waals surface area contributed by atoms with Crippen LogP contribution in [0.2, 0.25) is 10.0 Å². The van der Waals surface area contributed by atoms with Gasteiger partial charge >= 0.3 is 0 Å². The van der Waals surface area contributed by atoms with Gasteiger partial charge in [0.05, 0.1) is 17.7 Å². The van der Waals surface area contributed by atoms with Gasteiger partial charge in [-0.15, -0.1) is 0 Å². The van der Waals surface area contributed by atoms with Crippen LogP contribution in [-0.2, 0) is 6.54 Å². The Hall–Kier alpha value is -0.520. The molecule has 4 nitrogen and oxygen atoms in total. The summed E-state index contributed by atoms with van der Waals surface area (Å²) in [5.41, 5.74) is 0.0739. The Morgan fingerprint density at radius 3 is 2.50 bits per heavy atom. The minimum atomic E-state index is -0.799. The summed E-state index contributed by atoms with van der Waals surface area (Å²) in [6, 6.07) is 3.47. The Labute approximate surface area is 130 Å². The fraction of sp³-hybridized carbons (Fsp3) is 0.571. The fourth-order valence-electron chi connectivity index (χ4n) is 2.07. The number of methoxy groups -OCH3 is 1. The van der Waals surface area contributed by atoms with E-state index in [1.54, 1.807) is 26.2 Å². The molecule has 0 amide bonds. The normalized spacial score (nSPS) is 14.4. The van der Waals surface area contributed by atoms with Gasteiger partial charge in [-0.2, -0.15) is 0 Å². The third kappa shape index (κ3) is 5.46. The van der Waals surface area contributed by atoms with E-state index in [1.165, 1.54) is 0 Å². The largest absolute Gasteiger partial charge is 0.495 e. The second kappa shape index (κ2) is 7.48. The maximum absolute atomic E-state index is 10.2. The van der Waals surface area contributed by atoms with Crippen molar-refractivity contribution >= 4 is 23.2 Å². The van der Waals surface area contributed by atoms with Gasteiger partial charge in [-0.05, 0) is 32.6 Å². The molecule has 0 saturated carbocycles. The second-order valence-corrected chi connectivity index (χ2v) is 6.23. The molecule has 0 aliphatic rings. The van der Waals surface area contributed by atoms with Crippen molar-refractivity contribution in [3.05, 3.63) is 27.7 Å². The summed E-state index contributed by atoms with van der Waals surface area (Å²) in [4.78, 5) is 1.94. The van der Waals surface area contributed by atoms with Crippen molar-refractivity contribution in [2.24, 2.45) is 0 Å². The van der Waals surface area contributed by atoms with Crippen LogP contribution in [0, 0.1) is 0 Å². The van der Waals surface area contributed by atoms with Crippen LogP contribution in [0.3, 0.4) is 0 Å². The van der Waals surface area contributed by atoms with E-state index in [1.807, 2.05) is 19.0 Å². The minimum absolute atomic E-state index is 0.463. The van der Waals surface area contributed by atoms with Crippen molar-refractivity contribution in [2.75, 3.05) is 34.3 Å². The average molecular weight is 321 g/mol. The third-order valence-electron chi connectivity index (χ3n) is 2.80. The number of aliphatic hydroxyl groups is 1. The first-order valence-electron chi connectivity index (χ1n) is 6.35. The van der Waals surface area contributed by atoms with Crippen molar-refractivity contribution < 1.29 is 9.84 Å². The predicted molar refractivity (Wildman–Crippen MR) is 83.9 cm³/mol. The van der Waals surface area contributed by atoms with Crippen LogP contribution in [0.25, 0.3) is 0 Å². The molecular formula is C14H22Cl2N2O2. The van der Waals surface area contributed by atoms with Crippen LogP contribution in [0.1, 0.15) is 12.5 Å². The predicted octanol–water partition coefficient (Wildman–Crippen LogP) is 2.40. The van der Waals surface area contributed by atoms with Crippen LogP contribution < -0.4 is 10.1 Å². The maximum Gasteiger partial charge on any atom is 0.138 e. The topological polar surface area (TPSA) is 44.7 Å². The number of halogens is 2. The lowest BCUT2D eigenvalue weighted by atomic mass is 10.1.